The zero-order chi connectivity index (χ0) is 32.8. The van der Waals surface area contributed by atoms with Crippen molar-refractivity contribution in [3.63, 3.8) is 0 Å². The number of imide groups is 1. The number of hydrogen-bond acceptors (Lipinski definition) is 9. The molecular formula is C37H43N7O4. The van der Waals surface area contributed by atoms with E-state index in [1.165, 1.54) is 29.8 Å². The summed E-state index contributed by atoms with van der Waals surface area (Å²) >= 11 is 0. The van der Waals surface area contributed by atoms with Gasteiger partial charge >= 0.3 is 0 Å². The van der Waals surface area contributed by atoms with E-state index in [9.17, 15) is 19.5 Å². The molecule has 1 atom stereocenters. The number of anilines is 2. The van der Waals surface area contributed by atoms with Crippen LogP contribution >= 0.6 is 0 Å². The highest BCUT2D eigenvalue weighted by Gasteiger charge is 2.41. The number of likely N-dealkylation sites (tertiary alicyclic amines) is 1. The van der Waals surface area contributed by atoms with Gasteiger partial charge in [-0.05, 0) is 85.9 Å². The van der Waals surface area contributed by atoms with E-state index < -0.39 is 17.6 Å². The molecule has 11 heteroatoms. The van der Waals surface area contributed by atoms with Gasteiger partial charge in [-0.2, -0.15) is 0 Å². The molecule has 5 aliphatic rings. The molecule has 0 spiro atoms. The maximum Gasteiger partial charge on any atom is 0.255 e. The Hall–Kier alpha value is -4.35. The minimum absolute atomic E-state index is 0.194. The zero-order valence-corrected chi connectivity index (χ0v) is 27.2. The second-order valence-electron chi connectivity index (χ2n) is 14.2. The van der Waals surface area contributed by atoms with Crippen LogP contribution in [0.2, 0.25) is 0 Å². The molecule has 1 aromatic heterocycles. The van der Waals surface area contributed by atoms with Crippen LogP contribution in [-0.2, 0) is 28.3 Å². The smallest absolute Gasteiger partial charge is 0.255 e. The second kappa shape index (κ2) is 12.6. The Bertz CT molecular complexity index is 1710. The molecule has 2 aromatic carbocycles. The van der Waals surface area contributed by atoms with E-state index in [0.717, 1.165) is 62.6 Å². The van der Waals surface area contributed by atoms with Crippen LogP contribution in [0.25, 0.3) is 0 Å². The van der Waals surface area contributed by atoms with E-state index in [4.69, 9.17) is 4.98 Å². The predicted molar refractivity (Wildman–Crippen MR) is 180 cm³/mol. The van der Waals surface area contributed by atoms with E-state index in [1.807, 2.05) is 24.4 Å². The summed E-state index contributed by atoms with van der Waals surface area (Å²) in [5, 5.41) is 17.6. The molecule has 4 fully saturated rings. The van der Waals surface area contributed by atoms with Gasteiger partial charge < -0.3 is 20.2 Å². The fourth-order valence-corrected chi connectivity index (χ4v) is 7.82. The second-order valence-corrected chi connectivity index (χ2v) is 14.2. The average Bonchev–Trinajstić information content (AvgIpc) is 3.90. The summed E-state index contributed by atoms with van der Waals surface area (Å²) in [6.45, 7) is 4.67. The first-order chi connectivity index (χ1) is 23.3. The Morgan fingerprint density at radius 1 is 0.917 bits per heavy atom. The zero-order valence-electron chi connectivity index (χ0n) is 27.2. The number of benzene rings is 2. The van der Waals surface area contributed by atoms with Gasteiger partial charge in [-0.25, -0.2) is 9.97 Å². The van der Waals surface area contributed by atoms with Crippen molar-refractivity contribution in [2.45, 2.75) is 88.1 Å². The van der Waals surface area contributed by atoms with Crippen LogP contribution < -0.4 is 15.5 Å². The normalized spacial score (nSPS) is 23.3. The maximum absolute atomic E-state index is 13.1. The molecule has 4 aliphatic heterocycles. The van der Waals surface area contributed by atoms with Gasteiger partial charge in [0, 0.05) is 80.8 Å². The summed E-state index contributed by atoms with van der Waals surface area (Å²) in [6, 6.07) is 16.3. The van der Waals surface area contributed by atoms with Crippen LogP contribution in [0.5, 0.6) is 0 Å². The van der Waals surface area contributed by atoms with Crippen molar-refractivity contribution in [1.82, 2.24) is 25.1 Å². The third-order valence-corrected chi connectivity index (χ3v) is 11.0. The predicted octanol–water partition coefficient (Wildman–Crippen LogP) is 3.68. The van der Waals surface area contributed by atoms with Crippen molar-refractivity contribution in [2.24, 2.45) is 0 Å². The largest absolute Gasteiger partial charge is 0.385 e. The molecule has 0 bridgehead atoms. The lowest BCUT2D eigenvalue weighted by Gasteiger charge is -2.39. The quantitative estimate of drug-likeness (QED) is 0.313. The maximum atomic E-state index is 13.1. The number of aromatic nitrogens is 2. The fourth-order valence-electron chi connectivity index (χ4n) is 7.82. The van der Waals surface area contributed by atoms with Crippen LogP contribution in [0.4, 0.5) is 11.6 Å². The standard InChI is InChI=1S/C37H43N7O4/c45-33-10-9-32(34(46)41-33)44-23-26-21-27(5-8-30(26)35(44)47)37(48)14-19-42(20-15-37)22-24-1-6-29(7-2-24)43-17-12-28(13-18-43)39-36-38-16-11-31(40-36)25-3-4-25/h1-2,5-8,11,16,21,25,28,32,48H,3-4,9-10,12-15,17-20,22-23H2,(H,38,39,40)(H,41,45,46). The molecule has 8 rings (SSSR count). The molecule has 3 N–H and O–H groups in total. The molecule has 0 radical (unpaired) electrons. The number of carbonyl (C=O) groups is 3. The van der Waals surface area contributed by atoms with Gasteiger partial charge in [0.1, 0.15) is 6.04 Å². The van der Waals surface area contributed by atoms with Crippen molar-refractivity contribution >= 4 is 29.4 Å². The minimum Gasteiger partial charge on any atom is -0.385 e. The first kappa shape index (κ1) is 31.0. The molecule has 3 amide bonds. The third-order valence-electron chi connectivity index (χ3n) is 11.0. The van der Waals surface area contributed by atoms with E-state index >= 15 is 0 Å². The SMILES string of the molecule is O=C1CCC(N2Cc3cc(C4(O)CCN(Cc5ccc(N6CCC(Nc7nccc(C8CC8)n7)CC6)cc5)CC4)ccc3C2=O)C(=O)N1. The summed E-state index contributed by atoms with van der Waals surface area (Å²) in [5.74, 6) is 0.488. The number of nitrogens with one attached hydrogen (secondary N) is 2. The Morgan fingerprint density at radius 2 is 1.69 bits per heavy atom. The van der Waals surface area contributed by atoms with Crippen molar-refractivity contribution in [3.05, 3.63) is 82.7 Å². The molecule has 3 saturated heterocycles. The van der Waals surface area contributed by atoms with Crippen molar-refractivity contribution in [1.29, 1.82) is 0 Å². The van der Waals surface area contributed by atoms with Gasteiger partial charge in [-0.3, -0.25) is 24.6 Å². The van der Waals surface area contributed by atoms with Crippen molar-refractivity contribution < 1.29 is 19.5 Å². The summed E-state index contributed by atoms with van der Waals surface area (Å²) in [6.07, 6.45) is 8.24. The molecule has 11 nitrogen and oxygen atoms in total. The van der Waals surface area contributed by atoms with Gasteiger partial charge in [-0.1, -0.05) is 24.3 Å². The van der Waals surface area contributed by atoms with Gasteiger partial charge in [-0.15, -0.1) is 0 Å². The van der Waals surface area contributed by atoms with Crippen LogP contribution in [0.3, 0.4) is 0 Å². The summed E-state index contributed by atoms with van der Waals surface area (Å²) in [7, 11) is 0. The molecular weight excluding hydrogens is 606 g/mol. The third kappa shape index (κ3) is 6.28. The number of hydrogen-bond donors (Lipinski definition) is 3. The van der Waals surface area contributed by atoms with E-state index in [1.54, 1.807) is 11.0 Å². The van der Waals surface area contributed by atoms with E-state index in [2.05, 4.69) is 49.7 Å². The number of rotatable bonds is 8. The van der Waals surface area contributed by atoms with E-state index in [0.29, 0.717) is 43.3 Å². The average molecular weight is 650 g/mol. The lowest BCUT2D eigenvalue weighted by atomic mass is 9.83. The number of aliphatic hydroxyl groups is 1. The first-order valence-electron chi connectivity index (χ1n) is 17.5. The first-order valence-corrected chi connectivity index (χ1v) is 17.5. The lowest BCUT2D eigenvalue weighted by Crippen LogP contribution is -2.52. The highest BCUT2D eigenvalue weighted by atomic mass is 16.3. The summed E-state index contributed by atoms with van der Waals surface area (Å²) in [5.41, 5.74) is 4.94. The molecule has 3 aromatic rings. The molecule has 1 aliphatic carbocycles. The highest BCUT2D eigenvalue weighted by molar-refractivity contribution is 6.05. The Balaban J connectivity index is 0.820. The van der Waals surface area contributed by atoms with Gasteiger partial charge in [0.05, 0.1) is 5.60 Å². The number of carbonyl (C=O) groups excluding carboxylic acids is 3. The topological polar surface area (TPSA) is 131 Å². The van der Waals surface area contributed by atoms with Gasteiger partial charge in [0.2, 0.25) is 17.8 Å². The Morgan fingerprint density at radius 3 is 2.42 bits per heavy atom. The fraction of sp³-hybridized carbons (Fsp3) is 0.486. The number of nitrogens with zero attached hydrogens (tertiary/aromatic N) is 5. The minimum atomic E-state index is -0.965. The lowest BCUT2D eigenvalue weighted by molar-refractivity contribution is -0.136. The number of fused-ring (bicyclic) bond motifs is 1. The molecule has 1 saturated carbocycles. The summed E-state index contributed by atoms with van der Waals surface area (Å²) < 4.78 is 0. The highest BCUT2D eigenvalue weighted by Crippen LogP contribution is 2.39. The van der Waals surface area contributed by atoms with E-state index in [-0.39, 0.29) is 18.2 Å². The Kier molecular flexibility index (Phi) is 8.12. The molecule has 250 valence electrons. The van der Waals surface area contributed by atoms with Crippen molar-refractivity contribution in [3.8, 4) is 0 Å². The summed E-state index contributed by atoms with van der Waals surface area (Å²) in [4.78, 5) is 52.7. The molecule has 1 unspecified atom stereocenters. The monoisotopic (exact) mass is 649 g/mol. The number of amides is 3. The van der Waals surface area contributed by atoms with Gasteiger partial charge in [0.15, 0.2) is 0 Å². The molecule has 5 heterocycles. The molecule has 48 heavy (non-hydrogen) atoms. The number of piperidine rings is 3. The Labute approximate surface area is 280 Å². The van der Waals surface area contributed by atoms with Gasteiger partial charge in [0.25, 0.3) is 5.91 Å². The van der Waals surface area contributed by atoms with Crippen LogP contribution in [-0.4, -0.2) is 80.9 Å². The van der Waals surface area contributed by atoms with Crippen LogP contribution in [0.15, 0.2) is 54.7 Å². The van der Waals surface area contributed by atoms with Crippen molar-refractivity contribution in [2.75, 3.05) is 36.4 Å². The van der Waals surface area contributed by atoms with Crippen LogP contribution in [0, 0.1) is 0 Å². The van der Waals surface area contributed by atoms with Crippen LogP contribution in [0.1, 0.15) is 90.0 Å².